The molecule has 0 spiro atoms. The highest BCUT2D eigenvalue weighted by Crippen LogP contribution is 2.26. The number of aliphatic carboxylic acids is 1. The summed E-state index contributed by atoms with van der Waals surface area (Å²) < 4.78 is 0. The highest BCUT2D eigenvalue weighted by Gasteiger charge is 2.27. The van der Waals surface area contributed by atoms with Crippen LogP contribution in [0.1, 0.15) is 18.4 Å². The number of carbonyl (C=O) groups excluding carboxylic acids is 1. The van der Waals surface area contributed by atoms with Gasteiger partial charge in [-0.2, -0.15) is 0 Å². The van der Waals surface area contributed by atoms with Crippen LogP contribution >= 0.6 is 23.2 Å². The van der Waals surface area contributed by atoms with E-state index < -0.39 is 11.9 Å². The molecule has 1 N–H and O–H groups in total. The van der Waals surface area contributed by atoms with E-state index in [9.17, 15) is 9.59 Å². The summed E-state index contributed by atoms with van der Waals surface area (Å²) >= 11 is 11.9. The van der Waals surface area contributed by atoms with Crippen molar-refractivity contribution in [2.45, 2.75) is 12.8 Å². The van der Waals surface area contributed by atoms with Crippen molar-refractivity contribution in [1.82, 2.24) is 4.90 Å². The number of carbonyl (C=O) groups is 2. The van der Waals surface area contributed by atoms with Crippen LogP contribution in [0, 0.1) is 5.92 Å². The molecular weight excluding hydrogens is 313 g/mol. The molecular formula is C15H15Cl2NO3. The molecule has 4 nitrogen and oxygen atoms in total. The van der Waals surface area contributed by atoms with Gasteiger partial charge in [0.25, 0.3) is 0 Å². The number of hydrogen-bond acceptors (Lipinski definition) is 2. The van der Waals surface area contributed by atoms with Gasteiger partial charge in [0.15, 0.2) is 0 Å². The van der Waals surface area contributed by atoms with Gasteiger partial charge in [0.1, 0.15) is 0 Å². The second-order valence-corrected chi connectivity index (χ2v) is 5.72. The summed E-state index contributed by atoms with van der Waals surface area (Å²) in [6, 6.07) is 5.18. The van der Waals surface area contributed by atoms with Crippen LogP contribution in [-0.4, -0.2) is 35.0 Å². The van der Waals surface area contributed by atoms with E-state index in [2.05, 4.69) is 0 Å². The van der Waals surface area contributed by atoms with E-state index in [4.69, 9.17) is 28.3 Å². The predicted molar refractivity (Wildman–Crippen MR) is 82.4 cm³/mol. The third-order valence-electron chi connectivity index (χ3n) is 3.47. The van der Waals surface area contributed by atoms with Gasteiger partial charge < -0.3 is 10.0 Å². The summed E-state index contributed by atoms with van der Waals surface area (Å²) in [5, 5.41) is 9.84. The first-order valence-corrected chi connectivity index (χ1v) is 7.38. The van der Waals surface area contributed by atoms with Crippen LogP contribution in [0.3, 0.4) is 0 Å². The molecule has 6 heteroatoms. The van der Waals surface area contributed by atoms with Crippen molar-refractivity contribution < 1.29 is 14.7 Å². The zero-order chi connectivity index (χ0) is 15.4. The SMILES string of the molecule is O=C(O)[C@@H]1CCCN(C(=O)/C=C/c2cccc(Cl)c2Cl)C1. The second kappa shape index (κ2) is 6.96. The molecule has 0 radical (unpaired) electrons. The summed E-state index contributed by atoms with van der Waals surface area (Å²) in [6.45, 7) is 0.831. The van der Waals surface area contributed by atoms with E-state index in [-0.39, 0.29) is 12.5 Å². The van der Waals surface area contributed by atoms with Gasteiger partial charge in [-0.3, -0.25) is 9.59 Å². The lowest BCUT2D eigenvalue weighted by molar-refractivity contribution is -0.144. The fraction of sp³-hybridized carbons (Fsp3) is 0.333. The zero-order valence-electron chi connectivity index (χ0n) is 11.3. The molecule has 0 aromatic heterocycles. The maximum absolute atomic E-state index is 12.1. The highest BCUT2D eigenvalue weighted by atomic mass is 35.5. The van der Waals surface area contributed by atoms with Gasteiger partial charge in [0.2, 0.25) is 5.91 Å². The minimum atomic E-state index is -0.852. The topological polar surface area (TPSA) is 57.6 Å². The predicted octanol–water partition coefficient (Wildman–Crippen LogP) is 3.33. The first-order chi connectivity index (χ1) is 9.99. The van der Waals surface area contributed by atoms with E-state index in [1.807, 2.05) is 0 Å². The molecule has 0 bridgehead atoms. The van der Waals surface area contributed by atoms with E-state index in [1.54, 1.807) is 29.2 Å². The van der Waals surface area contributed by atoms with Gasteiger partial charge in [-0.15, -0.1) is 0 Å². The number of amides is 1. The van der Waals surface area contributed by atoms with Gasteiger partial charge in [0, 0.05) is 19.2 Å². The fourth-order valence-electron chi connectivity index (χ4n) is 2.29. The van der Waals surface area contributed by atoms with Gasteiger partial charge in [-0.05, 0) is 30.5 Å². The average Bonchev–Trinajstić information content (AvgIpc) is 2.48. The number of carboxylic acid groups (broad SMARTS) is 1. The normalized spacial score (nSPS) is 19.0. The van der Waals surface area contributed by atoms with Crippen LogP contribution in [-0.2, 0) is 9.59 Å². The van der Waals surface area contributed by atoms with Crippen LogP contribution in [0.2, 0.25) is 10.0 Å². The summed E-state index contributed by atoms with van der Waals surface area (Å²) in [5.74, 6) is -1.54. The number of rotatable bonds is 3. The van der Waals surface area contributed by atoms with Gasteiger partial charge in [-0.1, -0.05) is 35.3 Å². The van der Waals surface area contributed by atoms with Crippen molar-refractivity contribution in [3.63, 3.8) is 0 Å². The second-order valence-electron chi connectivity index (χ2n) is 4.94. The van der Waals surface area contributed by atoms with Crippen LogP contribution in [0.25, 0.3) is 6.08 Å². The molecule has 21 heavy (non-hydrogen) atoms. The smallest absolute Gasteiger partial charge is 0.308 e. The minimum Gasteiger partial charge on any atom is -0.481 e. The average molecular weight is 328 g/mol. The fourth-order valence-corrected chi connectivity index (χ4v) is 2.67. The molecule has 1 saturated heterocycles. The van der Waals surface area contributed by atoms with Gasteiger partial charge >= 0.3 is 5.97 Å². The molecule has 1 amide bonds. The molecule has 0 aliphatic carbocycles. The first kappa shape index (κ1) is 15.9. The molecule has 1 aromatic rings. The van der Waals surface area contributed by atoms with Crippen LogP contribution < -0.4 is 0 Å². The Balaban J connectivity index is 2.05. The van der Waals surface area contributed by atoms with Gasteiger partial charge in [0.05, 0.1) is 16.0 Å². The summed E-state index contributed by atoms with van der Waals surface area (Å²) in [4.78, 5) is 24.7. The molecule has 1 heterocycles. The number of hydrogen-bond donors (Lipinski definition) is 1. The molecule has 1 fully saturated rings. The highest BCUT2D eigenvalue weighted by molar-refractivity contribution is 6.42. The third-order valence-corrected chi connectivity index (χ3v) is 4.30. The van der Waals surface area contributed by atoms with Crippen molar-refractivity contribution in [3.8, 4) is 0 Å². The monoisotopic (exact) mass is 327 g/mol. The van der Waals surface area contributed by atoms with Crippen LogP contribution in [0.5, 0.6) is 0 Å². The maximum atomic E-state index is 12.1. The summed E-state index contributed by atoms with van der Waals surface area (Å²) in [7, 11) is 0. The van der Waals surface area contributed by atoms with E-state index >= 15 is 0 Å². The molecule has 1 atom stereocenters. The van der Waals surface area contributed by atoms with Crippen molar-refractivity contribution in [1.29, 1.82) is 0 Å². The van der Waals surface area contributed by atoms with Crippen LogP contribution in [0.15, 0.2) is 24.3 Å². The third kappa shape index (κ3) is 3.99. The maximum Gasteiger partial charge on any atom is 0.308 e. The van der Waals surface area contributed by atoms with Crippen LogP contribution in [0.4, 0.5) is 0 Å². The molecule has 2 rings (SSSR count). The largest absolute Gasteiger partial charge is 0.481 e. The van der Waals surface area contributed by atoms with E-state index in [1.165, 1.54) is 6.08 Å². The molecule has 112 valence electrons. The van der Waals surface area contributed by atoms with Crippen molar-refractivity contribution in [3.05, 3.63) is 39.9 Å². The molecule has 1 aromatic carbocycles. The molecule has 0 saturated carbocycles. The number of carboxylic acids is 1. The number of halogens is 2. The standard InChI is InChI=1S/C15H15Cl2NO3/c16-12-5-1-3-10(14(12)17)6-7-13(19)18-8-2-4-11(9-18)15(20)21/h1,3,5-7,11H,2,4,8-9H2,(H,20,21)/b7-6+/t11-/m1/s1. The lowest BCUT2D eigenvalue weighted by Gasteiger charge is -2.29. The molecule has 0 unspecified atom stereocenters. The Morgan fingerprint density at radius 2 is 2.10 bits per heavy atom. The Labute approximate surface area is 133 Å². The van der Waals surface area contributed by atoms with Crippen molar-refractivity contribution >= 4 is 41.2 Å². The molecule has 1 aliphatic heterocycles. The summed E-state index contributed by atoms with van der Waals surface area (Å²) in [6.07, 6.45) is 4.32. The number of nitrogens with zero attached hydrogens (tertiary/aromatic N) is 1. The Morgan fingerprint density at radius 1 is 1.33 bits per heavy atom. The van der Waals surface area contributed by atoms with E-state index in [0.717, 1.165) is 0 Å². The molecule has 1 aliphatic rings. The lowest BCUT2D eigenvalue weighted by Crippen LogP contribution is -2.41. The van der Waals surface area contributed by atoms with Crippen molar-refractivity contribution in [2.24, 2.45) is 5.92 Å². The quantitative estimate of drug-likeness (QED) is 0.866. The van der Waals surface area contributed by atoms with E-state index in [0.29, 0.717) is 35.0 Å². The Morgan fingerprint density at radius 3 is 2.81 bits per heavy atom. The summed E-state index contributed by atoms with van der Waals surface area (Å²) in [5.41, 5.74) is 0.657. The number of piperidine rings is 1. The Hall–Kier alpha value is -1.52. The lowest BCUT2D eigenvalue weighted by atomic mass is 9.98. The first-order valence-electron chi connectivity index (χ1n) is 6.63. The Kier molecular flexibility index (Phi) is 5.26. The minimum absolute atomic E-state index is 0.211. The zero-order valence-corrected chi connectivity index (χ0v) is 12.8. The number of benzene rings is 1. The number of likely N-dealkylation sites (tertiary alicyclic amines) is 1. The van der Waals surface area contributed by atoms with Gasteiger partial charge in [-0.25, -0.2) is 0 Å². The Bertz CT molecular complexity index is 586. The van der Waals surface area contributed by atoms with Crippen molar-refractivity contribution in [2.75, 3.05) is 13.1 Å².